The van der Waals surface area contributed by atoms with Crippen LogP contribution in [0.1, 0.15) is 64.7 Å². The van der Waals surface area contributed by atoms with Gasteiger partial charge in [-0.2, -0.15) is 0 Å². The first-order valence-corrected chi connectivity index (χ1v) is 10.3. The molecule has 0 saturated heterocycles. The number of carboxylic acids is 2. The van der Waals surface area contributed by atoms with Gasteiger partial charge in [0.2, 0.25) is 0 Å². The van der Waals surface area contributed by atoms with Crippen molar-refractivity contribution in [1.82, 2.24) is 0 Å². The molecule has 0 bridgehead atoms. The molecule has 10 nitrogen and oxygen atoms in total. The first-order chi connectivity index (χ1) is 14.3. The predicted octanol–water partition coefficient (Wildman–Crippen LogP) is 0.624. The number of aliphatic hydroxyl groups excluding tert-OH is 5. The van der Waals surface area contributed by atoms with E-state index in [4.69, 9.17) is 35.7 Å². The van der Waals surface area contributed by atoms with E-state index in [2.05, 4.69) is 4.74 Å². The fourth-order valence-electron chi connectivity index (χ4n) is 1.98. The van der Waals surface area contributed by atoms with Gasteiger partial charge in [-0.3, -0.25) is 9.59 Å². The van der Waals surface area contributed by atoms with Crippen LogP contribution in [-0.4, -0.2) is 93.9 Å². The van der Waals surface area contributed by atoms with Crippen LogP contribution in [0.2, 0.25) is 0 Å². The van der Waals surface area contributed by atoms with Crippen molar-refractivity contribution in [2.75, 3.05) is 46.2 Å². The Morgan fingerprint density at radius 3 is 1.20 bits per heavy atom. The molecular weight excluding hydrogens is 400 g/mol. The molecule has 0 heterocycles. The third kappa shape index (κ3) is 26.7. The highest BCUT2D eigenvalue weighted by atomic mass is 16.5. The van der Waals surface area contributed by atoms with Gasteiger partial charge in [0.15, 0.2) is 0 Å². The van der Waals surface area contributed by atoms with Crippen molar-refractivity contribution >= 4 is 11.9 Å². The van der Waals surface area contributed by atoms with Crippen molar-refractivity contribution in [1.29, 1.82) is 0 Å². The summed E-state index contributed by atoms with van der Waals surface area (Å²) in [4.78, 5) is 20.3. The molecule has 0 atom stereocenters. The summed E-state index contributed by atoms with van der Waals surface area (Å²) in [6, 6.07) is 0. The van der Waals surface area contributed by atoms with Crippen LogP contribution in [0.3, 0.4) is 0 Å². The molecule has 0 aliphatic heterocycles. The maximum atomic E-state index is 10.1. The minimum Gasteiger partial charge on any atom is -0.481 e. The summed E-state index contributed by atoms with van der Waals surface area (Å²) in [6.45, 7) is 2.05. The Bertz CT molecular complexity index is 331. The molecule has 0 spiro atoms. The van der Waals surface area contributed by atoms with Gasteiger partial charge in [-0.15, -0.1) is 0 Å². The van der Waals surface area contributed by atoms with Crippen LogP contribution < -0.4 is 0 Å². The van der Waals surface area contributed by atoms with Gasteiger partial charge in [0, 0.05) is 18.3 Å². The molecule has 0 amide bonds. The van der Waals surface area contributed by atoms with Gasteiger partial charge in [-0.05, 0) is 19.3 Å². The van der Waals surface area contributed by atoms with Crippen molar-refractivity contribution in [2.45, 2.75) is 64.7 Å². The number of ether oxygens (including phenoxy) is 1. The summed E-state index contributed by atoms with van der Waals surface area (Å²) < 4.78 is 4.63. The summed E-state index contributed by atoms with van der Waals surface area (Å²) in [5.74, 6) is -1.48. The van der Waals surface area contributed by atoms with E-state index in [1.807, 2.05) is 6.92 Å². The fraction of sp³-hybridized carbons (Fsp3) is 0.900. The molecule has 0 aromatic carbocycles. The molecule has 0 fully saturated rings. The van der Waals surface area contributed by atoms with Crippen LogP contribution in [-0.2, 0) is 14.3 Å². The van der Waals surface area contributed by atoms with Gasteiger partial charge < -0.3 is 40.5 Å². The van der Waals surface area contributed by atoms with Gasteiger partial charge in [-0.1, -0.05) is 32.6 Å². The number of carboxylic acid groups (broad SMARTS) is 2. The van der Waals surface area contributed by atoms with Crippen LogP contribution in [0.25, 0.3) is 0 Å². The maximum absolute atomic E-state index is 10.1. The van der Waals surface area contributed by atoms with Gasteiger partial charge >= 0.3 is 11.9 Å². The molecule has 182 valence electrons. The highest BCUT2D eigenvalue weighted by molar-refractivity contribution is 5.66. The lowest BCUT2D eigenvalue weighted by Gasteiger charge is -2.24. The Labute approximate surface area is 179 Å². The summed E-state index contributed by atoms with van der Waals surface area (Å²) in [5, 5.41) is 58.8. The molecule has 0 aromatic rings. The largest absolute Gasteiger partial charge is 0.481 e. The van der Waals surface area contributed by atoms with Crippen molar-refractivity contribution in [3.8, 4) is 0 Å². The van der Waals surface area contributed by atoms with E-state index in [-0.39, 0.29) is 45.9 Å². The Hall–Kier alpha value is -1.30. The minimum atomic E-state index is -0.740. The number of unbranched alkanes of at least 4 members (excludes halogenated alkanes) is 5. The molecule has 30 heavy (non-hydrogen) atoms. The van der Waals surface area contributed by atoms with Crippen LogP contribution in [0, 0.1) is 5.41 Å². The maximum Gasteiger partial charge on any atom is 0.303 e. The second-order valence-electron chi connectivity index (χ2n) is 6.80. The van der Waals surface area contributed by atoms with E-state index in [0.29, 0.717) is 19.6 Å². The average Bonchev–Trinajstić information content (AvgIpc) is 2.73. The van der Waals surface area contributed by atoms with E-state index >= 15 is 0 Å². The number of hydrogen-bond donors (Lipinski definition) is 7. The zero-order chi connectivity index (χ0) is 23.7. The van der Waals surface area contributed by atoms with E-state index in [0.717, 1.165) is 38.5 Å². The Morgan fingerprint density at radius 1 is 0.667 bits per heavy atom. The van der Waals surface area contributed by atoms with Crippen molar-refractivity contribution in [2.24, 2.45) is 5.41 Å². The lowest BCUT2D eigenvalue weighted by atomic mass is 9.88. The Kier molecular flexibility index (Phi) is 28.6. The summed E-state index contributed by atoms with van der Waals surface area (Å²) in [7, 11) is 0. The van der Waals surface area contributed by atoms with Crippen LogP contribution in [0.15, 0.2) is 0 Å². The molecule has 0 aliphatic carbocycles. The molecule has 7 N–H and O–H groups in total. The van der Waals surface area contributed by atoms with Gasteiger partial charge in [0.25, 0.3) is 0 Å². The Morgan fingerprint density at radius 2 is 1.00 bits per heavy atom. The second-order valence-corrected chi connectivity index (χ2v) is 6.80. The van der Waals surface area contributed by atoms with Crippen LogP contribution >= 0.6 is 0 Å². The monoisotopic (exact) mass is 442 g/mol. The standard InChI is InChI=1S/C10H18O4.C6H14O3.C4H10O3/c11-9(12)7-5-3-1-2-4-6-8-10(13)14;1-2-6(3-7,4-8)5-9;5-1-3-7-4-2-6/h1-8H2,(H,11,12)(H,13,14);7-9H,2-5H2,1H3;5-6H,1-4H2. The lowest BCUT2D eigenvalue weighted by molar-refractivity contribution is -0.138. The van der Waals surface area contributed by atoms with E-state index in [9.17, 15) is 9.59 Å². The normalized spacial score (nSPS) is 10.5. The summed E-state index contributed by atoms with van der Waals surface area (Å²) >= 11 is 0. The topological polar surface area (TPSA) is 185 Å². The Balaban J connectivity index is -0.000000393. The number of rotatable bonds is 17. The molecule has 0 aliphatic rings. The zero-order valence-corrected chi connectivity index (χ0v) is 18.2. The molecule has 0 radical (unpaired) electrons. The number of carbonyl (C=O) groups is 2. The zero-order valence-electron chi connectivity index (χ0n) is 18.2. The third-order valence-corrected chi connectivity index (χ3v) is 4.26. The summed E-state index contributed by atoms with van der Waals surface area (Å²) in [5.41, 5.74) is -0.667. The van der Waals surface area contributed by atoms with E-state index in [1.54, 1.807) is 0 Å². The molecule has 0 rings (SSSR count). The van der Waals surface area contributed by atoms with Crippen LogP contribution in [0.4, 0.5) is 0 Å². The average molecular weight is 443 g/mol. The summed E-state index contributed by atoms with van der Waals surface area (Å²) in [6.07, 6.45) is 6.42. The minimum absolute atomic E-state index is 0.0278. The molecule has 0 unspecified atom stereocenters. The van der Waals surface area contributed by atoms with Crippen molar-refractivity contribution < 1.29 is 50.1 Å². The molecule has 0 aromatic heterocycles. The van der Waals surface area contributed by atoms with E-state index < -0.39 is 17.4 Å². The molecule has 0 saturated carbocycles. The predicted molar refractivity (Wildman–Crippen MR) is 111 cm³/mol. The fourth-order valence-corrected chi connectivity index (χ4v) is 1.98. The molecular formula is C20H42O10. The number of hydrogen-bond acceptors (Lipinski definition) is 8. The first-order valence-electron chi connectivity index (χ1n) is 10.3. The van der Waals surface area contributed by atoms with E-state index in [1.165, 1.54) is 0 Å². The van der Waals surface area contributed by atoms with Gasteiger partial charge in [0.05, 0.1) is 46.2 Å². The highest BCUT2D eigenvalue weighted by Gasteiger charge is 2.24. The molecule has 10 heteroatoms. The lowest BCUT2D eigenvalue weighted by Crippen LogP contribution is -2.32. The van der Waals surface area contributed by atoms with Crippen molar-refractivity contribution in [3.63, 3.8) is 0 Å². The first kappa shape index (κ1) is 33.3. The number of aliphatic carboxylic acids is 2. The second kappa shape index (κ2) is 25.7. The number of aliphatic hydroxyl groups is 5. The van der Waals surface area contributed by atoms with Crippen LogP contribution in [0.5, 0.6) is 0 Å². The smallest absolute Gasteiger partial charge is 0.303 e. The highest BCUT2D eigenvalue weighted by Crippen LogP contribution is 2.18. The SMILES string of the molecule is CCC(CO)(CO)CO.O=C(O)CCCCCCCCC(=O)O.OCCOCCO. The van der Waals surface area contributed by atoms with Crippen molar-refractivity contribution in [3.05, 3.63) is 0 Å². The van der Waals surface area contributed by atoms with Gasteiger partial charge in [0.1, 0.15) is 0 Å². The third-order valence-electron chi connectivity index (χ3n) is 4.26. The van der Waals surface area contributed by atoms with Gasteiger partial charge in [-0.25, -0.2) is 0 Å². The quantitative estimate of drug-likeness (QED) is 0.157.